The molecule has 4 nitrogen and oxygen atoms in total. The number of hydrogen-bond acceptors (Lipinski definition) is 4. The van der Waals surface area contributed by atoms with Gasteiger partial charge in [-0.1, -0.05) is 6.08 Å². The number of aromatic hydroxyl groups is 1. The third-order valence-corrected chi connectivity index (χ3v) is 3.70. The molecule has 0 amide bonds. The van der Waals surface area contributed by atoms with Gasteiger partial charge in [0.05, 0.1) is 0 Å². The van der Waals surface area contributed by atoms with Crippen molar-refractivity contribution >= 4 is 5.57 Å². The monoisotopic (exact) mass is 307 g/mol. The molecule has 1 aliphatic rings. The van der Waals surface area contributed by atoms with Crippen molar-refractivity contribution in [3.05, 3.63) is 65.4 Å². The van der Waals surface area contributed by atoms with Crippen LogP contribution in [0.1, 0.15) is 11.3 Å². The Morgan fingerprint density at radius 2 is 2.13 bits per heavy atom. The number of hydrogen-bond donors (Lipinski definition) is 2. The van der Waals surface area contributed by atoms with Gasteiger partial charge in [-0.05, 0) is 42.8 Å². The zero-order valence-electron chi connectivity index (χ0n) is 12.5. The minimum absolute atomic E-state index is 0.00412. The van der Waals surface area contributed by atoms with E-state index >= 15 is 0 Å². The fourth-order valence-corrected chi connectivity index (χ4v) is 2.51. The van der Waals surface area contributed by atoms with Crippen LogP contribution in [0.2, 0.25) is 0 Å². The lowest BCUT2D eigenvalue weighted by Gasteiger charge is -2.15. The highest BCUT2D eigenvalue weighted by atomic mass is 19.1. The molecule has 0 fully saturated rings. The quantitative estimate of drug-likeness (QED) is 0.893. The maximum atomic E-state index is 13.5. The summed E-state index contributed by atoms with van der Waals surface area (Å²) in [7, 11) is 0. The molecule has 0 bridgehead atoms. The molecule has 2 N–H and O–H groups in total. The van der Waals surface area contributed by atoms with Gasteiger partial charge in [0.25, 0.3) is 0 Å². The molecule has 1 aromatic carbocycles. The van der Waals surface area contributed by atoms with Crippen LogP contribution < -0.4 is 5.32 Å². The summed E-state index contributed by atoms with van der Waals surface area (Å²) >= 11 is 0. The number of dihydropyridines is 1. The summed E-state index contributed by atoms with van der Waals surface area (Å²) in [5.74, 6) is -0.428. The Kier molecular flexibility index (Phi) is 3.82. The number of nitrogens with zero attached hydrogens (tertiary/aromatic N) is 2. The fourth-order valence-electron chi connectivity index (χ4n) is 2.51. The summed E-state index contributed by atoms with van der Waals surface area (Å²) in [6.07, 6.45) is 5.31. The lowest BCUT2D eigenvalue weighted by Crippen LogP contribution is -2.16. The predicted octanol–water partition coefficient (Wildman–Crippen LogP) is 3.30. The second kappa shape index (κ2) is 5.93. The smallest absolute Gasteiger partial charge is 0.124 e. The molecule has 0 aliphatic carbocycles. The van der Waals surface area contributed by atoms with E-state index in [4.69, 9.17) is 5.26 Å². The largest absolute Gasteiger partial charge is 0.507 e. The van der Waals surface area contributed by atoms with Gasteiger partial charge in [-0.2, -0.15) is 5.26 Å². The van der Waals surface area contributed by atoms with E-state index in [1.807, 2.05) is 19.1 Å². The van der Waals surface area contributed by atoms with Crippen molar-refractivity contribution in [3.8, 4) is 22.9 Å². The molecule has 0 saturated heterocycles. The van der Waals surface area contributed by atoms with Gasteiger partial charge < -0.3 is 10.4 Å². The summed E-state index contributed by atoms with van der Waals surface area (Å²) in [5, 5.41) is 22.0. The van der Waals surface area contributed by atoms with Crippen LogP contribution in [0.4, 0.5) is 4.39 Å². The van der Waals surface area contributed by atoms with E-state index in [1.54, 1.807) is 12.3 Å². The number of benzene rings is 1. The fraction of sp³-hybridized carbons (Fsp3) is 0.111. The first kappa shape index (κ1) is 14.8. The van der Waals surface area contributed by atoms with Crippen molar-refractivity contribution in [1.29, 1.82) is 5.26 Å². The number of pyridine rings is 1. The molecule has 3 rings (SSSR count). The Balaban J connectivity index is 2.11. The molecule has 23 heavy (non-hydrogen) atoms. The van der Waals surface area contributed by atoms with Gasteiger partial charge in [0.15, 0.2) is 0 Å². The molecule has 1 aromatic heterocycles. The lowest BCUT2D eigenvalue weighted by atomic mass is 9.97. The summed E-state index contributed by atoms with van der Waals surface area (Å²) in [5.41, 5.74) is 4.02. The normalized spacial score (nSPS) is 13.6. The van der Waals surface area contributed by atoms with Crippen molar-refractivity contribution in [1.82, 2.24) is 10.3 Å². The standard InChI is InChI=1S/C18H14FN3O/c1-11-16(12-4-5-21-15(6-12)9-20)7-13(10-22-11)17-8-14(19)2-3-18(17)23/h2-4,6-8,10,21,23H,5H2,1H3. The first-order chi connectivity index (χ1) is 11.1. The second-order valence-electron chi connectivity index (χ2n) is 5.23. The molecule has 1 aliphatic heterocycles. The van der Waals surface area contributed by atoms with Crippen molar-refractivity contribution in [2.45, 2.75) is 6.92 Å². The predicted molar refractivity (Wildman–Crippen MR) is 85.7 cm³/mol. The van der Waals surface area contributed by atoms with E-state index in [0.717, 1.165) is 16.8 Å². The van der Waals surface area contributed by atoms with Crippen LogP contribution in [-0.2, 0) is 0 Å². The van der Waals surface area contributed by atoms with Gasteiger partial charge >= 0.3 is 0 Å². The number of phenolic OH excluding ortho intramolecular Hbond substituents is 1. The van der Waals surface area contributed by atoms with Crippen LogP contribution in [0, 0.1) is 24.1 Å². The van der Waals surface area contributed by atoms with E-state index in [-0.39, 0.29) is 5.75 Å². The van der Waals surface area contributed by atoms with Gasteiger partial charge in [-0.15, -0.1) is 0 Å². The van der Waals surface area contributed by atoms with Crippen LogP contribution in [-0.4, -0.2) is 16.6 Å². The highest BCUT2D eigenvalue weighted by Crippen LogP contribution is 2.32. The van der Waals surface area contributed by atoms with Crippen molar-refractivity contribution in [2.24, 2.45) is 0 Å². The Labute approximate surface area is 133 Å². The maximum absolute atomic E-state index is 13.5. The highest BCUT2D eigenvalue weighted by Gasteiger charge is 2.13. The van der Waals surface area contributed by atoms with Crippen molar-refractivity contribution < 1.29 is 9.50 Å². The Hall–Kier alpha value is -3.13. The number of nitriles is 1. The van der Waals surface area contributed by atoms with E-state index in [0.29, 0.717) is 23.4 Å². The van der Waals surface area contributed by atoms with Crippen LogP contribution in [0.25, 0.3) is 16.7 Å². The molecule has 0 saturated carbocycles. The lowest BCUT2D eigenvalue weighted by molar-refractivity contribution is 0.475. The van der Waals surface area contributed by atoms with Crippen molar-refractivity contribution in [3.63, 3.8) is 0 Å². The molecule has 5 heteroatoms. The van der Waals surface area contributed by atoms with E-state index in [2.05, 4.69) is 16.4 Å². The van der Waals surface area contributed by atoms with Crippen molar-refractivity contribution in [2.75, 3.05) is 6.54 Å². The average Bonchev–Trinajstić information content (AvgIpc) is 2.57. The van der Waals surface area contributed by atoms with E-state index < -0.39 is 5.82 Å². The van der Waals surface area contributed by atoms with E-state index in [9.17, 15) is 9.50 Å². The molecule has 114 valence electrons. The van der Waals surface area contributed by atoms with E-state index in [1.165, 1.54) is 18.2 Å². The molecule has 0 atom stereocenters. The third kappa shape index (κ3) is 2.92. The number of aryl methyl sites for hydroxylation is 1. The SMILES string of the molecule is Cc1ncc(-c2cc(F)ccc2O)cc1C1=CCNC(C#N)=C1. The number of aromatic nitrogens is 1. The van der Waals surface area contributed by atoms with Gasteiger partial charge in [0.1, 0.15) is 23.3 Å². The summed E-state index contributed by atoms with van der Waals surface area (Å²) in [6, 6.07) is 7.74. The van der Waals surface area contributed by atoms with Crippen LogP contribution >= 0.6 is 0 Å². The average molecular weight is 307 g/mol. The zero-order chi connectivity index (χ0) is 16.4. The first-order valence-electron chi connectivity index (χ1n) is 7.10. The molecule has 0 unspecified atom stereocenters. The minimum Gasteiger partial charge on any atom is -0.507 e. The van der Waals surface area contributed by atoms with Gasteiger partial charge in [0.2, 0.25) is 0 Å². The number of allylic oxidation sites excluding steroid dienone is 3. The summed E-state index contributed by atoms with van der Waals surface area (Å²) < 4.78 is 13.5. The molecular formula is C18H14FN3O. The highest BCUT2D eigenvalue weighted by molar-refractivity contribution is 5.81. The van der Waals surface area contributed by atoms with Crippen LogP contribution in [0.5, 0.6) is 5.75 Å². The van der Waals surface area contributed by atoms with Gasteiger partial charge in [-0.3, -0.25) is 4.98 Å². The minimum atomic E-state index is -0.423. The number of halogens is 1. The van der Waals surface area contributed by atoms with Gasteiger partial charge in [-0.25, -0.2) is 4.39 Å². The Bertz CT molecular complexity index is 878. The number of phenols is 1. The summed E-state index contributed by atoms with van der Waals surface area (Å²) in [6.45, 7) is 2.43. The number of nitrogens with one attached hydrogen (secondary N) is 1. The van der Waals surface area contributed by atoms with Gasteiger partial charge in [0, 0.05) is 35.1 Å². The molecule has 0 radical (unpaired) electrons. The molecule has 2 heterocycles. The Morgan fingerprint density at radius 3 is 2.91 bits per heavy atom. The third-order valence-electron chi connectivity index (χ3n) is 3.70. The Morgan fingerprint density at radius 1 is 1.30 bits per heavy atom. The number of rotatable bonds is 2. The topological polar surface area (TPSA) is 68.9 Å². The van der Waals surface area contributed by atoms with Crippen LogP contribution in [0.3, 0.4) is 0 Å². The first-order valence-corrected chi connectivity index (χ1v) is 7.10. The molecular weight excluding hydrogens is 293 g/mol. The maximum Gasteiger partial charge on any atom is 0.124 e. The summed E-state index contributed by atoms with van der Waals surface area (Å²) in [4.78, 5) is 4.35. The molecule has 2 aromatic rings. The molecule has 0 spiro atoms. The second-order valence-corrected chi connectivity index (χ2v) is 5.23. The zero-order valence-corrected chi connectivity index (χ0v) is 12.5. The van der Waals surface area contributed by atoms with Crippen LogP contribution in [0.15, 0.2) is 48.3 Å².